The molecule has 5 nitrogen and oxygen atoms in total. The van der Waals surface area contributed by atoms with E-state index in [2.05, 4.69) is 16.6 Å². The molecule has 3 N–H and O–H groups in total. The van der Waals surface area contributed by atoms with Gasteiger partial charge in [-0.05, 0) is 56.6 Å². The van der Waals surface area contributed by atoms with Gasteiger partial charge in [0.15, 0.2) is 5.76 Å². The molecule has 2 aromatic rings. The lowest BCUT2D eigenvalue weighted by Gasteiger charge is -2.29. The van der Waals surface area contributed by atoms with Gasteiger partial charge in [-0.25, -0.2) is 0 Å². The maximum atomic E-state index is 6.09. The standard InChI is InChI=1S/C18H26N4O/c1-12-3-4-15(23-12)17-13(11-22(2)21-17)10-20-14-5-7-18(8-6-14)9-16(18)19/h3-4,11,14,16,20H,5-10,19H2,1-2H3. The maximum Gasteiger partial charge on any atom is 0.154 e. The Labute approximate surface area is 137 Å². The first kappa shape index (κ1) is 15.0. The third-order valence-electron chi connectivity index (χ3n) is 5.69. The van der Waals surface area contributed by atoms with Gasteiger partial charge in [-0.1, -0.05) is 0 Å². The highest BCUT2D eigenvalue weighted by molar-refractivity contribution is 5.56. The largest absolute Gasteiger partial charge is 0.460 e. The average molecular weight is 314 g/mol. The molecule has 1 unspecified atom stereocenters. The minimum absolute atomic E-state index is 0.468. The van der Waals surface area contributed by atoms with Crippen LogP contribution in [0, 0.1) is 12.3 Å². The molecular formula is C18H26N4O. The van der Waals surface area contributed by atoms with E-state index in [1.165, 1.54) is 37.7 Å². The van der Waals surface area contributed by atoms with E-state index >= 15 is 0 Å². The van der Waals surface area contributed by atoms with Crippen LogP contribution in [0.2, 0.25) is 0 Å². The number of furan rings is 1. The highest BCUT2D eigenvalue weighted by Gasteiger charge is 2.52. The Morgan fingerprint density at radius 1 is 1.39 bits per heavy atom. The van der Waals surface area contributed by atoms with E-state index in [0.29, 0.717) is 17.5 Å². The lowest BCUT2D eigenvalue weighted by atomic mass is 9.83. The van der Waals surface area contributed by atoms with Crippen LogP contribution in [0.5, 0.6) is 0 Å². The second-order valence-corrected chi connectivity index (χ2v) is 7.42. The van der Waals surface area contributed by atoms with E-state index in [-0.39, 0.29) is 0 Å². The first-order valence-electron chi connectivity index (χ1n) is 8.64. The van der Waals surface area contributed by atoms with Crippen molar-refractivity contribution in [3.8, 4) is 11.5 Å². The first-order valence-corrected chi connectivity index (χ1v) is 8.64. The van der Waals surface area contributed by atoms with E-state index in [9.17, 15) is 0 Å². The van der Waals surface area contributed by atoms with Gasteiger partial charge < -0.3 is 15.5 Å². The summed E-state index contributed by atoms with van der Waals surface area (Å²) >= 11 is 0. The van der Waals surface area contributed by atoms with Crippen molar-refractivity contribution >= 4 is 0 Å². The van der Waals surface area contributed by atoms with Crippen LogP contribution in [-0.2, 0) is 13.6 Å². The van der Waals surface area contributed by atoms with Crippen molar-refractivity contribution in [3.05, 3.63) is 29.7 Å². The molecule has 0 saturated heterocycles. The zero-order valence-corrected chi connectivity index (χ0v) is 14.0. The number of aryl methyl sites for hydroxylation is 2. The van der Waals surface area contributed by atoms with Gasteiger partial charge in [-0.3, -0.25) is 4.68 Å². The van der Waals surface area contributed by atoms with E-state index in [1.807, 2.05) is 30.8 Å². The second-order valence-electron chi connectivity index (χ2n) is 7.42. The molecule has 0 amide bonds. The van der Waals surface area contributed by atoms with Crippen LogP contribution in [0.1, 0.15) is 43.4 Å². The van der Waals surface area contributed by atoms with Gasteiger partial charge in [0.1, 0.15) is 11.5 Å². The zero-order valence-electron chi connectivity index (χ0n) is 14.0. The number of nitrogens with two attached hydrogens (primary N) is 1. The quantitative estimate of drug-likeness (QED) is 0.910. The van der Waals surface area contributed by atoms with Crippen LogP contribution in [0.15, 0.2) is 22.7 Å². The van der Waals surface area contributed by atoms with Crippen LogP contribution in [0.3, 0.4) is 0 Å². The van der Waals surface area contributed by atoms with Crippen molar-refractivity contribution in [2.24, 2.45) is 18.2 Å². The molecule has 4 rings (SSSR count). The highest BCUT2D eigenvalue weighted by Crippen LogP contribution is 2.55. The van der Waals surface area contributed by atoms with E-state index < -0.39 is 0 Å². The van der Waals surface area contributed by atoms with Crippen molar-refractivity contribution in [2.45, 2.75) is 57.7 Å². The van der Waals surface area contributed by atoms with E-state index in [0.717, 1.165) is 23.8 Å². The van der Waals surface area contributed by atoms with Crippen LogP contribution >= 0.6 is 0 Å². The second kappa shape index (κ2) is 5.49. The van der Waals surface area contributed by atoms with Crippen LogP contribution < -0.4 is 11.1 Å². The minimum Gasteiger partial charge on any atom is -0.460 e. The summed E-state index contributed by atoms with van der Waals surface area (Å²) in [6.07, 6.45) is 8.37. The predicted octanol–water partition coefficient (Wildman–Crippen LogP) is 2.74. The van der Waals surface area contributed by atoms with Gasteiger partial charge in [-0.15, -0.1) is 0 Å². The number of nitrogens with zero attached hydrogens (tertiary/aromatic N) is 2. The van der Waals surface area contributed by atoms with Gasteiger partial charge in [-0.2, -0.15) is 5.10 Å². The van der Waals surface area contributed by atoms with Gasteiger partial charge in [0.05, 0.1) is 0 Å². The Hall–Kier alpha value is -1.59. The topological polar surface area (TPSA) is 69.0 Å². The monoisotopic (exact) mass is 314 g/mol. The third kappa shape index (κ3) is 2.83. The number of nitrogens with one attached hydrogen (secondary N) is 1. The molecule has 2 fully saturated rings. The molecule has 23 heavy (non-hydrogen) atoms. The van der Waals surface area contributed by atoms with Crippen LogP contribution in [0.25, 0.3) is 11.5 Å². The predicted molar refractivity (Wildman–Crippen MR) is 89.8 cm³/mol. The Kier molecular flexibility index (Phi) is 3.58. The molecule has 0 radical (unpaired) electrons. The fourth-order valence-electron chi connectivity index (χ4n) is 4.04. The van der Waals surface area contributed by atoms with Crippen molar-refractivity contribution in [1.29, 1.82) is 0 Å². The van der Waals surface area contributed by atoms with Crippen molar-refractivity contribution in [2.75, 3.05) is 0 Å². The molecule has 2 aromatic heterocycles. The molecular weight excluding hydrogens is 288 g/mol. The van der Waals surface area contributed by atoms with Gasteiger partial charge in [0.2, 0.25) is 0 Å². The molecule has 1 spiro atoms. The van der Waals surface area contributed by atoms with Crippen LogP contribution in [-0.4, -0.2) is 21.9 Å². The smallest absolute Gasteiger partial charge is 0.154 e. The molecule has 2 aliphatic rings. The molecule has 2 heterocycles. The fraction of sp³-hybridized carbons (Fsp3) is 0.611. The Balaban J connectivity index is 1.40. The van der Waals surface area contributed by atoms with Crippen LogP contribution in [0.4, 0.5) is 0 Å². The number of hydrogen-bond donors (Lipinski definition) is 2. The molecule has 0 aliphatic heterocycles. The number of aromatic nitrogens is 2. The molecule has 1 atom stereocenters. The van der Waals surface area contributed by atoms with Crippen molar-refractivity contribution < 1.29 is 4.42 Å². The summed E-state index contributed by atoms with van der Waals surface area (Å²) in [7, 11) is 1.96. The summed E-state index contributed by atoms with van der Waals surface area (Å²) in [5, 5.41) is 8.28. The third-order valence-corrected chi connectivity index (χ3v) is 5.69. The first-order chi connectivity index (χ1) is 11.1. The number of hydrogen-bond acceptors (Lipinski definition) is 4. The Morgan fingerprint density at radius 3 is 2.74 bits per heavy atom. The summed E-state index contributed by atoms with van der Waals surface area (Å²) in [5.74, 6) is 1.77. The molecule has 2 saturated carbocycles. The molecule has 124 valence electrons. The highest BCUT2D eigenvalue weighted by atomic mass is 16.3. The van der Waals surface area contributed by atoms with E-state index in [1.54, 1.807) is 0 Å². The maximum absolute atomic E-state index is 6.09. The van der Waals surface area contributed by atoms with Crippen molar-refractivity contribution in [1.82, 2.24) is 15.1 Å². The molecule has 0 aromatic carbocycles. The summed E-state index contributed by atoms with van der Waals surface area (Å²) in [4.78, 5) is 0. The zero-order chi connectivity index (χ0) is 16.0. The lowest BCUT2D eigenvalue weighted by Crippen LogP contribution is -2.34. The summed E-state index contributed by atoms with van der Waals surface area (Å²) in [6, 6.07) is 5.05. The van der Waals surface area contributed by atoms with Gasteiger partial charge >= 0.3 is 0 Å². The Morgan fingerprint density at radius 2 is 2.13 bits per heavy atom. The SMILES string of the molecule is Cc1ccc(-c2nn(C)cc2CNC2CCC3(CC2)CC3N)o1. The summed E-state index contributed by atoms with van der Waals surface area (Å²) < 4.78 is 7.61. The van der Waals surface area contributed by atoms with Gasteiger partial charge in [0.25, 0.3) is 0 Å². The molecule has 0 bridgehead atoms. The lowest BCUT2D eigenvalue weighted by molar-refractivity contribution is 0.267. The fourth-order valence-corrected chi connectivity index (χ4v) is 4.04. The normalized spacial score (nSPS) is 30.0. The molecule has 2 aliphatic carbocycles. The average Bonchev–Trinajstić information content (AvgIpc) is 2.89. The number of rotatable bonds is 4. The van der Waals surface area contributed by atoms with E-state index in [4.69, 9.17) is 10.2 Å². The van der Waals surface area contributed by atoms with Crippen molar-refractivity contribution in [3.63, 3.8) is 0 Å². The summed E-state index contributed by atoms with van der Waals surface area (Å²) in [6.45, 7) is 2.80. The minimum atomic E-state index is 0.468. The summed E-state index contributed by atoms with van der Waals surface area (Å²) in [5.41, 5.74) is 8.74. The van der Waals surface area contributed by atoms with Gasteiger partial charge in [0, 0.05) is 37.4 Å². The molecule has 5 heteroatoms. The Bertz CT molecular complexity index is 694.